The van der Waals surface area contributed by atoms with Gasteiger partial charge in [-0.25, -0.2) is 0 Å². The van der Waals surface area contributed by atoms with Crippen LogP contribution in [0.5, 0.6) is 5.75 Å². The van der Waals surface area contributed by atoms with Crippen LogP contribution >= 0.6 is 0 Å². The van der Waals surface area contributed by atoms with E-state index in [1.54, 1.807) is 12.1 Å². The molecule has 2 aromatic carbocycles. The largest absolute Gasteiger partial charge is 0.489 e. The van der Waals surface area contributed by atoms with Gasteiger partial charge in [-0.2, -0.15) is 0 Å². The average Bonchev–Trinajstić information content (AvgIpc) is 2.56. The second-order valence-corrected chi connectivity index (χ2v) is 5.12. The lowest BCUT2D eigenvalue weighted by Crippen LogP contribution is -2.29. The summed E-state index contributed by atoms with van der Waals surface area (Å²) in [5.41, 5.74) is 6.86. The first-order valence-electron chi connectivity index (χ1n) is 7.59. The Kier molecular flexibility index (Phi) is 5.80. The number of anilines is 2. The Labute approximate surface area is 135 Å². The highest BCUT2D eigenvalue weighted by Gasteiger charge is 2.15. The van der Waals surface area contributed by atoms with E-state index < -0.39 is 4.92 Å². The summed E-state index contributed by atoms with van der Waals surface area (Å²) in [5, 5.41) is 10.9. The van der Waals surface area contributed by atoms with Crippen molar-refractivity contribution in [1.82, 2.24) is 0 Å². The molecule has 122 valence electrons. The molecule has 0 bridgehead atoms. The molecule has 23 heavy (non-hydrogen) atoms. The molecule has 6 heteroatoms. The maximum atomic E-state index is 10.9. The van der Waals surface area contributed by atoms with Crippen LogP contribution in [0.3, 0.4) is 0 Å². The molecule has 0 aliphatic carbocycles. The van der Waals surface area contributed by atoms with Crippen LogP contribution in [0.1, 0.15) is 13.3 Å². The van der Waals surface area contributed by atoms with Crippen LogP contribution in [0.4, 0.5) is 17.1 Å². The summed E-state index contributed by atoms with van der Waals surface area (Å²) >= 11 is 0. The van der Waals surface area contributed by atoms with E-state index in [9.17, 15) is 10.1 Å². The minimum atomic E-state index is -0.504. The fourth-order valence-corrected chi connectivity index (χ4v) is 2.36. The SMILES string of the molecule is CCCN(CCOc1cccc([N+](=O)[O-])c1N)c1ccccc1. The number of nitrogen functional groups attached to an aromatic ring is 1. The summed E-state index contributed by atoms with van der Waals surface area (Å²) in [5.74, 6) is 0.351. The Bertz CT molecular complexity index is 647. The summed E-state index contributed by atoms with van der Waals surface area (Å²) in [6, 6.07) is 14.7. The molecule has 0 fully saturated rings. The second-order valence-electron chi connectivity index (χ2n) is 5.12. The first kappa shape index (κ1) is 16.6. The van der Waals surface area contributed by atoms with Crippen LogP contribution in [0.15, 0.2) is 48.5 Å². The van der Waals surface area contributed by atoms with Gasteiger partial charge in [0.1, 0.15) is 12.4 Å². The standard InChI is InChI=1S/C17H21N3O3/c1-2-11-19(14-7-4-3-5-8-14)12-13-23-16-10-6-9-15(17(16)18)20(21)22/h3-10H,2,11-13,18H2,1H3. The fraction of sp³-hybridized carbons (Fsp3) is 0.294. The van der Waals surface area contributed by atoms with Gasteiger partial charge in [-0.3, -0.25) is 10.1 Å². The quantitative estimate of drug-likeness (QED) is 0.458. The maximum absolute atomic E-state index is 10.9. The lowest BCUT2D eigenvalue weighted by Gasteiger charge is -2.24. The summed E-state index contributed by atoms with van der Waals surface area (Å²) in [4.78, 5) is 12.6. The third-order valence-corrected chi connectivity index (χ3v) is 3.47. The van der Waals surface area contributed by atoms with Crippen molar-refractivity contribution in [1.29, 1.82) is 0 Å². The molecule has 0 heterocycles. The molecule has 0 aliphatic heterocycles. The molecule has 0 amide bonds. The zero-order valence-corrected chi connectivity index (χ0v) is 13.1. The van der Waals surface area contributed by atoms with Gasteiger partial charge < -0.3 is 15.4 Å². The summed E-state index contributed by atoms with van der Waals surface area (Å²) in [7, 11) is 0. The van der Waals surface area contributed by atoms with Gasteiger partial charge in [-0.15, -0.1) is 0 Å². The van der Waals surface area contributed by atoms with Crippen molar-refractivity contribution in [2.45, 2.75) is 13.3 Å². The van der Waals surface area contributed by atoms with E-state index in [4.69, 9.17) is 10.5 Å². The molecule has 0 spiro atoms. The van der Waals surface area contributed by atoms with Gasteiger partial charge in [0.2, 0.25) is 0 Å². The van der Waals surface area contributed by atoms with Gasteiger partial charge in [-0.05, 0) is 24.6 Å². The van der Waals surface area contributed by atoms with Crippen LogP contribution < -0.4 is 15.4 Å². The van der Waals surface area contributed by atoms with Crippen LogP contribution in [0.2, 0.25) is 0 Å². The van der Waals surface area contributed by atoms with Crippen molar-refractivity contribution < 1.29 is 9.66 Å². The summed E-state index contributed by atoms with van der Waals surface area (Å²) in [6.07, 6.45) is 1.02. The molecule has 0 unspecified atom stereocenters. The zero-order chi connectivity index (χ0) is 16.7. The normalized spacial score (nSPS) is 10.3. The lowest BCUT2D eigenvalue weighted by molar-refractivity contribution is -0.384. The molecule has 0 atom stereocenters. The number of nitro groups is 1. The predicted octanol–water partition coefficient (Wildman–Crippen LogP) is 3.47. The number of benzene rings is 2. The maximum Gasteiger partial charge on any atom is 0.295 e. The Morgan fingerprint density at radius 1 is 1.13 bits per heavy atom. The Balaban J connectivity index is 2.00. The van der Waals surface area contributed by atoms with Crippen molar-refractivity contribution in [2.75, 3.05) is 30.3 Å². The van der Waals surface area contributed by atoms with Gasteiger partial charge >= 0.3 is 0 Å². The van der Waals surface area contributed by atoms with E-state index in [0.717, 1.165) is 18.7 Å². The molecule has 0 saturated carbocycles. The molecule has 2 N–H and O–H groups in total. The van der Waals surface area contributed by atoms with Crippen LogP contribution in [0.25, 0.3) is 0 Å². The van der Waals surface area contributed by atoms with E-state index in [-0.39, 0.29) is 11.4 Å². The predicted molar refractivity (Wildman–Crippen MR) is 91.9 cm³/mol. The van der Waals surface area contributed by atoms with Crippen molar-refractivity contribution in [3.63, 3.8) is 0 Å². The van der Waals surface area contributed by atoms with Gasteiger partial charge in [-0.1, -0.05) is 31.2 Å². The van der Waals surface area contributed by atoms with Gasteiger partial charge in [0, 0.05) is 18.3 Å². The van der Waals surface area contributed by atoms with Crippen molar-refractivity contribution in [3.8, 4) is 5.75 Å². The minimum Gasteiger partial charge on any atom is -0.489 e. The van der Waals surface area contributed by atoms with E-state index in [0.29, 0.717) is 18.9 Å². The van der Waals surface area contributed by atoms with Gasteiger partial charge in [0.05, 0.1) is 11.5 Å². The van der Waals surface area contributed by atoms with Crippen molar-refractivity contribution in [3.05, 3.63) is 58.6 Å². The number of nitrogens with two attached hydrogens (primary N) is 1. The zero-order valence-electron chi connectivity index (χ0n) is 13.1. The molecule has 0 aromatic heterocycles. The number of hydrogen-bond acceptors (Lipinski definition) is 5. The first-order valence-corrected chi connectivity index (χ1v) is 7.59. The minimum absolute atomic E-state index is 0.0688. The number of rotatable bonds is 8. The highest BCUT2D eigenvalue weighted by atomic mass is 16.6. The second kappa shape index (κ2) is 8.03. The molecule has 0 aliphatic rings. The highest BCUT2D eigenvalue weighted by Crippen LogP contribution is 2.30. The molecule has 2 rings (SSSR count). The molecule has 0 saturated heterocycles. The number of para-hydroxylation sites is 2. The summed E-state index contributed by atoms with van der Waals surface area (Å²) in [6.45, 7) is 4.12. The third-order valence-electron chi connectivity index (χ3n) is 3.47. The molecule has 6 nitrogen and oxygen atoms in total. The number of nitrogens with zero attached hydrogens (tertiary/aromatic N) is 2. The van der Waals surface area contributed by atoms with Crippen LogP contribution in [0, 0.1) is 10.1 Å². The van der Waals surface area contributed by atoms with Crippen molar-refractivity contribution >= 4 is 17.1 Å². The van der Waals surface area contributed by atoms with E-state index in [2.05, 4.69) is 24.0 Å². The first-order chi connectivity index (χ1) is 11.1. The number of hydrogen-bond donors (Lipinski definition) is 1. The topological polar surface area (TPSA) is 81.6 Å². The average molecular weight is 315 g/mol. The van der Waals surface area contributed by atoms with E-state index in [1.165, 1.54) is 6.07 Å². The molecule has 2 aromatic rings. The molecule has 0 radical (unpaired) electrons. The van der Waals surface area contributed by atoms with Gasteiger partial charge in [0.15, 0.2) is 5.69 Å². The van der Waals surface area contributed by atoms with Crippen LogP contribution in [-0.2, 0) is 0 Å². The Morgan fingerprint density at radius 3 is 2.52 bits per heavy atom. The van der Waals surface area contributed by atoms with Crippen molar-refractivity contribution in [2.24, 2.45) is 0 Å². The van der Waals surface area contributed by atoms with E-state index >= 15 is 0 Å². The fourth-order valence-electron chi connectivity index (χ4n) is 2.36. The molecular weight excluding hydrogens is 294 g/mol. The monoisotopic (exact) mass is 315 g/mol. The highest BCUT2D eigenvalue weighted by molar-refractivity contribution is 5.66. The number of nitro benzene ring substituents is 1. The smallest absolute Gasteiger partial charge is 0.295 e. The third kappa shape index (κ3) is 4.35. The Morgan fingerprint density at radius 2 is 1.87 bits per heavy atom. The van der Waals surface area contributed by atoms with Gasteiger partial charge in [0.25, 0.3) is 5.69 Å². The summed E-state index contributed by atoms with van der Waals surface area (Å²) < 4.78 is 5.65. The van der Waals surface area contributed by atoms with E-state index in [1.807, 2.05) is 18.2 Å². The Hall–Kier alpha value is -2.76. The van der Waals surface area contributed by atoms with Crippen LogP contribution in [-0.4, -0.2) is 24.6 Å². The number of ether oxygens (including phenoxy) is 1. The molecular formula is C17H21N3O3. The lowest BCUT2D eigenvalue weighted by atomic mass is 10.2.